The van der Waals surface area contributed by atoms with Crippen molar-refractivity contribution in [1.29, 1.82) is 0 Å². The van der Waals surface area contributed by atoms with Gasteiger partial charge in [-0.15, -0.1) is 0 Å². The Balaban J connectivity index is 2.02. The minimum atomic E-state index is -3.60. The molecule has 7 nitrogen and oxygen atoms in total. The van der Waals surface area contributed by atoms with E-state index >= 15 is 0 Å². The van der Waals surface area contributed by atoms with Gasteiger partial charge >= 0.3 is 5.97 Å². The number of carbonyl (C=O) groups is 2. The van der Waals surface area contributed by atoms with Gasteiger partial charge in [0.25, 0.3) is 0 Å². The summed E-state index contributed by atoms with van der Waals surface area (Å²) in [5.41, 5.74) is 1.02. The Morgan fingerprint density at radius 2 is 1.71 bits per heavy atom. The largest absolute Gasteiger partial charge is 0.467 e. The van der Waals surface area contributed by atoms with Crippen LogP contribution in [0.5, 0.6) is 0 Å². The minimum Gasteiger partial charge on any atom is -0.467 e. The van der Waals surface area contributed by atoms with Crippen LogP contribution in [-0.2, 0) is 29.8 Å². The SMILES string of the molecule is CC[C@@H](C)[C@@H](NC(=O)C1CCN(S(=O)(=O)c2ccc(C(C)(C)C)cc2)CC1)C(=O)OC. The second-order valence-electron chi connectivity index (χ2n) is 9.35. The Morgan fingerprint density at radius 1 is 1.16 bits per heavy atom. The zero-order valence-corrected chi connectivity index (χ0v) is 20.3. The Hall–Kier alpha value is -1.93. The molecule has 1 fully saturated rings. The third-order valence-corrected chi connectivity index (χ3v) is 8.06. The first-order chi connectivity index (χ1) is 14.4. The average Bonchev–Trinajstić information content (AvgIpc) is 2.75. The van der Waals surface area contributed by atoms with E-state index in [9.17, 15) is 18.0 Å². The van der Waals surface area contributed by atoms with Gasteiger partial charge in [-0.1, -0.05) is 53.2 Å². The average molecular weight is 453 g/mol. The lowest BCUT2D eigenvalue weighted by Crippen LogP contribution is -2.50. The number of ether oxygens (including phenoxy) is 1. The van der Waals surface area contributed by atoms with Crippen LogP contribution in [0.4, 0.5) is 0 Å². The third-order valence-electron chi connectivity index (χ3n) is 6.15. The quantitative estimate of drug-likeness (QED) is 0.642. The Morgan fingerprint density at radius 3 is 2.16 bits per heavy atom. The van der Waals surface area contributed by atoms with Crippen molar-refractivity contribution >= 4 is 21.9 Å². The first-order valence-electron chi connectivity index (χ1n) is 10.9. The van der Waals surface area contributed by atoms with Gasteiger partial charge in [-0.25, -0.2) is 13.2 Å². The van der Waals surface area contributed by atoms with Crippen molar-refractivity contribution in [2.45, 2.75) is 70.2 Å². The lowest BCUT2D eigenvalue weighted by Gasteiger charge is -2.32. The molecule has 1 aromatic carbocycles. The summed E-state index contributed by atoms with van der Waals surface area (Å²) in [6, 6.07) is 6.33. The van der Waals surface area contributed by atoms with Crippen molar-refractivity contribution in [2.24, 2.45) is 11.8 Å². The van der Waals surface area contributed by atoms with Crippen molar-refractivity contribution in [3.63, 3.8) is 0 Å². The van der Waals surface area contributed by atoms with E-state index in [0.29, 0.717) is 12.8 Å². The van der Waals surface area contributed by atoms with Gasteiger partial charge in [0.15, 0.2) is 0 Å². The number of methoxy groups -OCH3 is 1. The lowest BCUT2D eigenvalue weighted by molar-refractivity contribution is -0.147. The molecule has 1 aromatic rings. The van der Waals surface area contributed by atoms with E-state index in [0.717, 1.165) is 12.0 Å². The van der Waals surface area contributed by atoms with Crippen molar-refractivity contribution in [3.05, 3.63) is 29.8 Å². The van der Waals surface area contributed by atoms with E-state index in [4.69, 9.17) is 4.74 Å². The number of amides is 1. The van der Waals surface area contributed by atoms with Gasteiger partial charge in [0.05, 0.1) is 12.0 Å². The van der Waals surface area contributed by atoms with Crippen molar-refractivity contribution in [1.82, 2.24) is 9.62 Å². The monoisotopic (exact) mass is 452 g/mol. The summed E-state index contributed by atoms with van der Waals surface area (Å²) >= 11 is 0. The fraction of sp³-hybridized carbons (Fsp3) is 0.652. The number of benzene rings is 1. The summed E-state index contributed by atoms with van der Waals surface area (Å²) in [5, 5.41) is 2.81. The van der Waals surface area contributed by atoms with Gasteiger partial charge in [-0.05, 0) is 41.9 Å². The van der Waals surface area contributed by atoms with Gasteiger partial charge in [0, 0.05) is 19.0 Å². The maximum Gasteiger partial charge on any atom is 0.328 e. The molecule has 1 saturated heterocycles. The molecule has 1 aliphatic heterocycles. The van der Waals surface area contributed by atoms with Crippen molar-refractivity contribution in [2.75, 3.05) is 20.2 Å². The molecule has 0 aromatic heterocycles. The number of hydrogen-bond donors (Lipinski definition) is 1. The van der Waals surface area contributed by atoms with Crippen molar-refractivity contribution < 1.29 is 22.7 Å². The van der Waals surface area contributed by atoms with Gasteiger partial charge < -0.3 is 10.1 Å². The zero-order chi connectivity index (χ0) is 23.4. The minimum absolute atomic E-state index is 0.0482. The van der Waals surface area contributed by atoms with E-state index in [1.807, 2.05) is 26.0 Å². The van der Waals surface area contributed by atoms with Gasteiger partial charge in [0.2, 0.25) is 15.9 Å². The van der Waals surface area contributed by atoms with E-state index < -0.39 is 22.0 Å². The highest BCUT2D eigenvalue weighted by atomic mass is 32.2. The van der Waals surface area contributed by atoms with Crippen LogP contribution >= 0.6 is 0 Å². The van der Waals surface area contributed by atoms with E-state index in [1.54, 1.807) is 12.1 Å². The molecule has 0 saturated carbocycles. The van der Waals surface area contributed by atoms with Crippen LogP contribution < -0.4 is 5.32 Å². The van der Waals surface area contributed by atoms with E-state index in [1.165, 1.54) is 11.4 Å². The van der Waals surface area contributed by atoms with Crippen molar-refractivity contribution in [3.8, 4) is 0 Å². The molecule has 8 heteroatoms. The van der Waals surface area contributed by atoms with Crippen LogP contribution in [0.15, 0.2) is 29.2 Å². The summed E-state index contributed by atoms with van der Waals surface area (Å²) in [5.74, 6) is -1.05. The third kappa shape index (κ3) is 6.07. The summed E-state index contributed by atoms with van der Waals surface area (Å²) in [6.45, 7) is 10.6. The second-order valence-corrected chi connectivity index (χ2v) is 11.3. The Bertz CT molecular complexity index is 866. The summed E-state index contributed by atoms with van der Waals surface area (Å²) in [7, 11) is -2.30. The molecule has 0 spiro atoms. The predicted molar refractivity (Wildman–Crippen MR) is 120 cm³/mol. The molecular weight excluding hydrogens is 416 g/mol. The molecule has 1 N–H and O–H groups in total. The van der Waals surface area contributed by atoms with Gasteiger partial charge in [0.1, 0.15) is 6.04 Å². The summed E-state index contributed by atoms with van der Waals surface area (Å²) in [6.07, 6.45) is 1.56. The molecule has 2 atom stereocenters. The number of piperidine rings is 1. The van der Waals surface area contributed by atoms with Crippen LogP contribution in [0.3, 0.4) is 0 Å². The van der Waals surface area contributed by atoms with Crippen LogP contribution in [0.2, 0.25) is 0 Å². The fourth-order valence-corrected chi connectivity index (χ4v) is 5.17. The number of esters is 1. The van der Waals surface area contributed by atoms with E-state index in [2.05, 4.69) is 26.1 Å². The molecule has 0 bridgehead atoms. The highest BCUT2D eigenvalue weighted by molar-refractivity contribution is 7.89. The van der Waals surface area contributed by atoms with Crippen LogP contribution in [0, 0.1) is 11.8 Å². The van der Waals surface area contributed by atoms with Crippen LogP contribution in [0.1, 0.15) is 59.4 Å². The molecular formula is C23H36N2O5S. The molecule has 0 unspecified atom stereocenters. The second kappa shape index (κ2) is 10.1. The number of nitrogens with one attached hydrogen (secondary N) is 1. The van der Waals surface area contributed by atoms with E-state index in [-0.39, 0.29) is 41.1 Å². The number of nitrogens with zero attached hydrogens (tertiary/aromatic N) is 1. The normalized spacial score (nSPS) is 18.3. The molecule has 174 valence electrons. The Kier molecular flexibility index (Phi) is 8.27. The number of hydrogen-bond acceptors (Lipinski definition) is 5. The molecule has 0 aliphatic carbocycles. The molecule has 0 radical (unpaired) electrons. The molecule has 31 heavy (non-hydrogen) atoms. The number of carbonyl (C=O) groups excluding carboxylic acids is 2. The fourth-order valence-electron chi connectivity index (χ4n) is 3.70. The highest BCUT2D eigenvalue weighted by Crippen LogP contribution is 2.27. The first-order valence-corrected chi connectivity index (χ1v) is 12.3. The molecule has 2 rings (SSSR count). The van der Waals surface area contributed by atoms with Crippen LogP contribution in [-0.4, -0.2) is 50.8 Å². The smallest absolute Gasteiger partial charge is 0.328 e. The predicted octanol–water partition coefficient (Wildman–Crippen LogP) is 3.09. The molecule has 1 heterocycles. The van der Waals surface area contributed by atoms with Gasteiger partial charge in [-0.2, -0.15) is 4.31 Å². The maximum atomic E-state index is 13.0. The standard InChI is InChI=1S/C23H36N2O5S/c1-7-16(2)20(22(27)30-6)24-21(26)17-12-14-25(15-13-17)31(28,29)19-10-8-18(9-11-19)23(3,4)5/h8-11,16-17,20H,7,12-15H2,1-6H3,(H,24,26)/t16-,20-/m1/s1. The Labute approximate surface area is 186 Å². The topological polar surface area (TPSA) is 92.8 Å². The zero-order valence-electron chi connectivity index (χ0n) is 19.5. The molecule has 1 amide bonds. The number of sulfonamides is 1. The summed E-state index contributed by atoms with van der Waals surface area (Å²) in [4.78, 5) is 25.0. The number of rotatable bonds is 7. The van der Waals surface area contributed by atoms with Gasteiger partial charge in [-0.3, -0.25) is 4.79 Å². The molecule has 1 aliphatic rings. The highest BCUT2D eigenvalue weighted by Gasteiger charge is 2.34. The summed E-state index contributed by atoms with van der Waals surface area (Å²) < 4.78 is 32.3. The first kappa shape index (κ1) is 25.3. The lowest BCUT2D eigenvalue weighted by atomic mass is 9.87. The maximum absolute atomic E-state index is 13.0. The van der Waals surface area contributed by atoms with Crippen LogP contribution in [0.25, 0.3) is 0 Å².